The summed E-state index contributed by atoms with van der Waals surface area (Å²) in [5.74, 6) is 0.589. The summed E-state index contributed by atoms with van der Waals surface area (Å²) in [6.45, 7) is 0.368. The quantitative estimate of drug-likeness (QED) is 0.224. The third-order valence-electron chi connectivity index (χ3n) is 5.04. The summed E-state index contributed by atoms with van der Waals surface area (Å²) in [6.07, 6.45) is 1.42. The van der Waals surface area contributed by atoms with Crippen LogP contribution in [0.4, 0.5) is 0 Å². The first kappa shape index (κ1) is 23.7. The number of benzene rings is 3. The number of ether oxygens (including phenoxy) is 4. The molecule has 1 aliphatic heterocycles. The number of carbonyl (C=O) groups is 2. The van der Waals surface area contributed by atoms with Crippen LogP contribution in [0.25, 0.3) is 6.08 Å². The van der Waals surface area contributed by atoms with Gasteiger partial charge in [0, 0.05) is 11.6 Å². The number of fused-ring (bicyclic) bond motifs is 1. The third kappa shape index (κ3) is 5.72. The van der Waals surface area contributed by atoms with Gasteiger partial charge in [0.1, 0.15) is 11.6 Å². The summed E-state index contributed by atoms with van der Waals surface area (Å²) in [5, 5.41) is 12.7. The molecule has 0 saturated carbocycles. The van der Waals surface area contributed by atoms with Gasteiger partial charge in [-0.05, 0) is 65.7 Å². The number of nitrogens with zero attached hydrogens (tertiary/aromatic N) is 1. The standard InChI is InChI=1S/C26H19ClN2O6/c1-32-23-11-16(2-9-22(23)35-26(31)18-4-6-20(27)7-5-18)10-19(13-28)25(30)29-14-17-3-8-21-24(12-17)34-15-33-21/h2-12H,14-15H2,1H3,(H,29,30)/b19-10+. The average Bonchev–Trinajstić information content (AvgIpc) is 3.35. The van der Waals surface area contributed by atoms with Gasteiger partial charge in [-0.25, -0.2) is 4.79 Å². The van der Waals surface area contributed by atoms with Gasteiger partial charge in [0.15, 0.2) is 23.0 Å². The minimum atomic E-state index is -0.580. The lowest BCUT2D eigenvalue weighted by Gasteiger charge is -2.10. The van der Waals surface area contributed by atoms with Crippen LogP contribution in [0.2, 0.25) is 5.02 Å². The van der Waals surface area contributed by atoms with Gasteiger partial charge in [-0.2, -0.15) is 5.26 Å². The van der Waals surface area contributed by atoms with Crippen LogP contribution >= 0.6 is 11.6 Å². The van der Waals surface area contributed by atoms with Crippen LogP contribution in [-0.4, -0.2) is 25.8 Å². The molecule has 4 rings (SSSR count). The van der Waals surface area contributed by atoms with Crippen LogP contribution in [0.3, 0.4) is 0 Å². The predicted molar refractivity (Wildman–Crippen MR) is 127 cm³/mol. The molecular weight excluding hydrogens is 472 g/mol. The number of nitriles is 1. The average molecular weight is 491 g/mol. The molecule has 0 spiro atoms. The topological polar surface area (TPSA) is 107 Å². The molecule has 0 aliphatic carbocycles. The Hall–Kier alpha value is -4.48. The molecule has 0 radical (unpaired) electrons. The SMILES string of the molecule is COc1cc(/C=C(\C#N)C(=O)NCc2ccc3c(c2)OCO3)ccc1OC(=O)c1ccc(Cl)cc1. The van der Waals surface area contributed by atoms with Gasteiger partial charge in [-0.3, -0.25) is 4.79 Å². The van der Waals surface area contributed by atoms with Crippen molar-refractivity contribution >= 4 is 29.6 Å². The van der Waals surface area contributed by atoms with Crippen LogP contribution in [0.1, 0.15) is 21.5 Å². The number of amides is 1. The Morgan fingerprint density at radius 2 is 1.83 bits per heavy atom. The van der Waals surface area contributed by atoms with E-state index in [1.54, 1.807) is 54.6 Å². The molecule has 0 unspecified atom stereocenters. The molecule has 0 aromatic heterocycles. The number of methoxy groups -OCH3 is 1. The van der Waals surface area contributed by atoms with Crippen LogP contribution in [0, 0.1) is 11.3 Å². The van der Waals surface area contributed by atoms with Crippen molar-refractivity contribution in [3.05, 3.63) is 87.9 Å². The van der Waals surface area contributed by atoms with Crippen molar-refractivity contribution in [2.24, 2.45) is 0 Å². The van der Waals surface area contributed by atoms with Gasteiger partial charge in [0.05, 0.1) is 12.7 Å². The van der Waals surface area contributed by atoms with Gasteiger partial charge < -0.3 is 24.3 Å². The van der Waals surface area contributed by atoms with Gasteiger partial charge in [-0.15, -0.1) is 0 Å². The van der Waals surface area contributed by atoms with Crippen molar-refractivity contribution in [2.75, 3.05) is 13.9 Å². The predicted octanol–water partition coefficient (Wildman–Crippen LogP) is 4.52. The zero-order valence-electron chi connectivity index (χ0n) is 18.5. The first-order valence-electron chi connectivity index (χ1n) is 10.4. The molecular formula is C26H19ClN2O6. The van der Waals surface area contributed by atoms with E-state index in [1.807, 2.05) is 6.07 Å². The Balaban J connectivity index is 1.44. The van der Waals surface area contributed by atoms with Crippen molar-refractivity contribution < 1.29 is 28.5 Å². The molecule has 1 amide bonds. The van der Waals surface area contributed by atoms with Crippen LogP contribution in [0.15, 0.2) is 66.2 Å². The van der Waals surface area contributed by atoms with E-state index in [0.29, 0.717) is 27.6 Å². The molecule has 176 valence electrons. The molecule has 1 heterocycles. The first-order valence-corrected chi connectivity index (χ1v) is 10.8. The normalized spacial score (nSPS) is 12.0. The van der Waals surface area contributed by atoms with Crippen molar-refractivity contribution in [1.29, 1.82) is 5.26 Å². The summed E-state index contributed by atoms with van der Waals surface area (Å²) in [6, 6.07) is 18.2. The maximum atomic E-state index is 12.6. The Morgan fingerprint density at radius 1 is 1.06 bits per heavy atom. The maximum absolute atomic E-state index is 12.6. The number of nitrogens with one attached hydrogen (secondary N) is 1. The third-order valence-corrected chi connectivity index (χ3v) is 5.29. The summed E-state index contributed by atoms with van der Waals surface area (Å²) in [5.41, 5.74) is 1.54. The van der Waals surface area contributed by atoms with Crippen LogP contribution in [-0.2, 0) is 11.3 Å². The van der Waals surface area contributed by atoms with Crippen molar-refractivity contribution in [3.63, 3.8) is 0 Å². The first-order chi connectivity index (χ1) is 17.0. The molecule has 0 fully saturated rings. The zero-order valence-corrected chi connectivity index (χ0v) is 19.3. The van der Waals surface area contributed by atoms with E-state index in [2.05, 4.69) is 5.32 Å². The molecule has 0 bridgehead atoms. The van der Waals surface area contributed by atoms with Crippen molar-refractivity contribution in [2.45, 2.75) is 6.54 Å². The second-order valence-corrected chi connectivity index (χ2v) is 7.78. The van der Waals surface area contributed by atoms with Crippen molar-refractivity contribution in [3.8, 4) is 29.1 Å². The van der Waals surface area contributed by atoms with E-state index in [-0.39, 0.29) is 30.4 Å². The molecule has 1 N–H and O–H groups in total. The molecule has 9 heteroatoms. The summed E-state index contributed by atoms with van der Waals surface area (Å²) < 4.78 is 21.4. The van der Waals surface area contributed by atoms with E-state index in [9.17, 15) is 14.9 Å². The lowest BCUT2D eigenvalue weighted by molar-refractivity contribution is -0.117. The van der Waals surface area contributed by atoms with Gasteiger partial charge >= 0.3 is 5.97 Å². The Labute approximate surface area is 206 Å². The molecule has 3 aromatic carbocycles. The Morgan fingerprint density at radius 3 is 2.57 bits per heavy atom. The van der Waals surface area contributed by atoms with E-state index in [1.165, 1.54) is 19.3 Å². The number of halogens is 1. The lowest BCUT2D eigenvalue weighted by atomic mass is 10.1. The molecule has 0 atom stereocenters. The number of hydrogen-bond donors (Lipinski definition) is 1. The minimum Gasteiger partial charge on any atom is -0.493 e. The fraction of sp³-hybridized carbons (Fsp3) is 0.115. The van der Waals surface area contributed by atoms with E-state index in [4.69, 9.17) is 30.5 Å². The molecule has 35 heavy (non-hydrogen) atoms. The van der Waals surface area contributed by atoms with E-state index < -0.39 is 11.9 Å². The second kappa shape index (κ2) is 10.6. The van der Waals surface area contributed by atoms with Crippen LogP contribution in [0.5, 0.6) is 23.0 Å². The fourth-order valence-corrected chi connectivity index (χ4v) is 3.37. The minimum absolute atomic E-state index is 0.0984. The molecule has 0 saturated heterocycles. The number of hydrogen-bond acceptors (Lipinski definition) is 7. The number of rotatable bonds is 7. The Bertz CT molecular complexity index is 1340. The zero-order chi connectivity index (χ0) is 24.8. The second-order valence-electron chi connectivity index (χ2n) is 7.35. The molecule has 1 aliphatic rings. The van der Waals surface area contributed by atoms with Gasteiger partial charge in [-0.1, -0.05) is 23.7 Å². The van der Waals surface area contributed by atoms with Crippen molar-refractivity contribution in [1.82, 2.24) is 5.32 Å². The van der Waals surface area contributed by atoms with Crippen LogP contribution < -0.4 is 24.3 Å². The highest BCUT2D eigenvalue weighted by Gasteiger charge is 2.16. The Kier molecular flexibility index (Phi) is 7.19. The number of esters is 1. The smallest absolute Gasteiger partial charge is 0.343 e. The highest BCUT2D eigenvalue weighted by molar-refractivity contribution is 6.30. The molecule has 8 nitrogen and oxygen atoms in total. The number of carbonyl (C=O) groups excluding carboxylic acids is 2. The lowest BCUT2D eigenvalue weighted by Crippen LogP contribution is -2.23. The summed E-state index contributed by atoms with van der Waals surface area (Å²) in [4.78, 5) is 25.0. The van der Waals surface area contributed by atoms with Gasteiger partial charge in [0.2, 0.25) is 6.79 Å². The van der Waals surface area contributed by atoms with E-state index >= 15 is 0 Å². The van der Waals surface area contributed by atoms with Gasteiger partial charge in [0.25, 0.3) is 5.91 Å². The van der Waals surface area contributed by atoms with E-state index in [0.717, 1.165) is 5.56 Å². The fourth-order valence-electron chi connectivity index (χ4n) is 3.25. The highest BCUT2D eigenvalue weighted by atomic mass is 35.5. The molecule has 3 aromatic rings. The largest absolute Gasteiger partial charge is 0.493 e. The highest BCUT2D eigenvalue weighted by Crippen LogP contribution is 2.32. The summed E-state index contributed by atoms with van der Waals surface area (Å²) >= 11 is 5.85. The maximum Gasteiger partial charge on any atom is 0.343 e. The monoisotopic (exact) mass is 490 g/mol. The summed E-state index contributed by atoms with van der Waals surface area (Å²) in [7, 11) is 1.42.